The van der Waals surface area contributed by atoms with Crippen molar-refractivity contribution in [2.45, 2.75) is 51.8 Å². The van der Waals surface area contributed by atoms with E-state index in [1.807, 2.05) is 27.7 Å². The van der Waals surface area contributed by atoms with Gasteiger partial charge >= 0.3 is 5.76 Å². The molecule has 1 aliphatic rings. The Bertz CT molecular complexity index is 495. The molecule has 0 amide bonds. The van der Waals surface area contributed by atoms with Crippen LogP contribution in [0, 0.1) is 5.92 Å². The third-order valence-corrected chi connectivity index (χ3v) is 5.04. The van der Waals surface area contributed by atoms with Crippen LogP contribution in [0.2, 0.25) is 0 Å². The van der Waals surface area contributed by atoms with Crippen molar-refractivity contribution in [2.75, 3.05) is 26.2 Å². The van der Waals surface area contributed by atoms with Crippen molar-refractivity contribution in [3.63, 3.8) is 0 Å². The first-order valence-corrected chi connectivity index (χ1v) is 9.40. The van der Waals surface area contributed by atoms with Crippen LogP contribution in [-0.4, -0.2) is 56.2 Å². The fraction of sp³-hybridized carbons (Fsp3) is 0.929. The van der Waals surface area contributed by atoms with E-state index in [-0.39, 0.29) is 24.5 Å². The molecule has 0 radical (unpaired) electrons. The molecule has 23 heavy (non-hydrogen) atoms. The quantitative estimate of drug-likeness (QED) is 0.581. The fourth-order valence-corrected chi connectivity index (χ4v) is 3.29. The summed E-state index contributed by atoms with van der Waals surface area (Å²) < 4.78 is 48.8. The van der Waals surface area contributed by atoms with Crippen LogP contribution >= 0.6 is 0 Å². The molecule has 1 aliphatic heterocycles. The third-order valence-electron chi connectivity index (χ3n) is 3.50. The maximum absolute atomic E-state index is 12.5. The summed E-state index contributed by atoms with van der Waals surface area (Å²) in [5, 5.41) is 6.44. The van der Waals surface area contributed by atoms with Gasteiger partial charge in [0.05, 0.1) is 0 Å². The molecule has 1 saturated heterocycles. The molecule has 0 saturated carbocycles. The highest BCUT2D eigenvalue weighted by molar-refractivity contribution is 7.89. The van der Waals surface area contributed by atoms with Gasteiger partial charge in [0, 0.05) is 31.7 Å². The number of hydrogen-bond acceptors (Lipinski definition) is 3. The number of sulfonamides is 1. The second-order valence-corrected chi connectivity index (χ2v) is 8.65. The number of rotatable bonds is 5. The summed E-state index contributed by atoms with van der Waals surface area (Å²) in [6.45, 7) is 9.65. The summed E-state index contributed by atoms with van der Waals surface area (Å²) >= 11 is 0. The first-order valence-electron chi connectivity index (χ1n) is 7.90. The van der Waals surface area contributed by atoms with Crippen LogP contribution in [0.25, 0.3) is 0 Å². The molecule has 0 bridgehead atoms. The van der Waals surface area contributed by atoms with E-state index in [4.69, 9.17) is 0 Å². The predicted molar refractivity (Wildman–Crippen MR) is 88.1 cm³/mol. The van der Waals surface area contributed by atoms with Crippen LogP contribution in [-0.2, 0) is 10.0 Å². The molecule has 1 fully saturated rings. The van der Waals surface area contributed by atoms with E-state index in [0.717, 1.165) is 10.8 Å². The van der Waals surface area contributed by atoms with Gasteiger partial charge in [0.25, 0.3) is 10.0 Å². The largest absolute Gasteiger partial charge is 0.357 e. The second-order valence-electron chi connectivity index (χ2n) is 6.74. The van der Waals surface area contributed by atoms with Crippen molar-refractivity contribution in [2.24, 2.45) is 10.9 Å². The molecular formula is C14H28F2N4O2S. The molecule has 0 atom stereocenters. The van der Waals surface area contributed by atoms with Crippen molar-refractivity contribution in [1.82, 2.24) is 14.9 Å². The molecule has 6 nitrogen and oxygen atoms in total. The standard InChI is InChI=1S/C14H28F2N4O2S/c1-5-17-13(19-14(2,3)4)18-10-11-6-8-20(9-7-11)23(21,22)12(15)16/h11-12H,5-10H2,1-4H3,(H2,17,18,19). The van der Waals surface area contributed by atoms with Gasteiger partial charge in [-0.2, -0.15) is 13.1 Å². The highest BCUT2D eigenvalue weighted by Gasteiger charge is 2.34. The summed E-state index contributed by atoms with van der Waals surface area (Å²) in [5.74, 6) is -2.43. The van der Waals surface area contributed by atoms with Crippen molar-refractivity contribution < 1.29 is 17.2 Å². The molecule has 1 rings (SSSR count). The number of nitrogens with zero attached hydrogens (tertiary/aromatic N) is 2. The number of nitrogens with one attached hydrogen (secondary N) is 2. The Morgan fingerprint density at radius 1 is 1.30 bits per heavy atom. The zero-order valence-electron chi connectivity index (χ0n) is 14.3. The van der Waals surface area contributed by atoms with Crippen molar-refractivity contribution in [1.29, 1.82) is 0 Å². The van der Waals surface area contributed by atoms with Gasteiger partial charge in [-0.25, -0.2) is 8.42 Å². The topological polar surface area (TPSA) is 73.8 Å². The maximum Gasteiger partial charge on any atom is 0.350 e. The highest BCUT2D eigenvalue weighted by Crippen LogP contribution is 2.22. The van der Waals surface area contributed by atoms with E-state index in [1.165, 1.54) is 0 Å². The Labute approximate surface area is 137 Å². The lowest BCUT2D eigenvalue weighted by Crippen LogP contribution is -2.48. The van der Waals surface area contributed by atoms with Crippen molar-refractivity contribution in [3.05, 3.63) is 0 Å². The maximum atomic E-state index is 12.5. The van der Waals surface area contributed by atoms with Gasteiger partial charge in [-0.05, 0) is 46.5 Å². The number of aliphatic imine (C=N–C) groups is 1. The molecule has 0 unspecified atom stereocenters. The average molecular weight is 354 g/mol. The molecular weight excluding hydrogens is 326 g/mol. The van der Waals surface area contributed by atoms with E-state index < -0.39 is 15.8 Å². The number of halogens is 2. The smallest absolute Gasteiger partial charge is 0.350 e. The second kappa shape index (κ2) is 8.23. The normalized spacial score (nSPS) is 19.2. The van der Waals surface area contributed by atoms with E-state index in [0.29, 0.717) is 25.3 Å². The van der Waals surface area contributed by atoms with E-state index in [2.05, 4.69) is 15.6 Å². The molecule has 0 aromatic heterocycles. The molecule has 2 N–H and O–H groups in total. The molecule has 9 heteroatoms. The number of hydrogen-bond donors (Lipinski definition) is 2. The summed E-state index contributed by atoms with van der Waals surface area (Å²) in [7, 11) is -4.45. The first-order chi connectivity index (χ1) is 10.6. The Balaban J connectivity index is 2.56. The minimum absolute atomic E-state index is 0.115. The number of piperidine rings is 1. The van der Waals surface area contributed by atoms with E-state index in [9.17, 15) is 17.2 Å². The van der Waals surface area contributed by atoms with E-state index in [1.54, 1.807) is 0 Å². The van der Waals surface area contributed by atoms with Crippen LogP contribution in [0.3, 0.4) is 0 Å². The monoisotopic (exact) mass is 354 g/mol. The molecule has 0 spiro atoms. The van der Waals surface area contributed by atoms with Gasteiger partial charge in [-0.1, -0.05) is 0 Å². The minimum atomic E-state index is -4.45. The Kier molecular flexibility index (Phi) is 7.19. The summed E-state index contributed by atoms with van der Waals surface area (Å²) in [6, 6.07) is 0. The zero-order valence-corrected chi connectivity index (χ0v) is 15.1. The molecule has 0 aromatic carbocycles. The minimum Gasteiger partial charge on any atom is -0.357 e. The number of guanidine groups is 1. The Morgan fingerprint density at radius 2 is 1.87 bits per heavy atom. The fourth-order valence-electron chi connectivity index (χ4n) is 2.34. The first kappa shape index (κ1) is 20.1. The predicted octanol–water partition coefficient (Wildman–Crippen LogP) is 1.60. The SMILES string of the molecule is CCNC(=NCC1CCN(S(=O)(=O)C(F)F)CC1)NC(C)(C)C. The van der Waals surface area contributed by atoms with E-state index >= 15 is 0 Å². The highest BCUT2D eigenvalue weighted by atomic mass is 32.2. The Hall–Kier alpha value is -0.960. The summed E-state index contributed by atoms with van der Waals surface area (Å²) in [6.07, 6.45) is 1.09. The van der Waals surface area contributed by atoms with Gasteiger partial charge in [-0.3, -0.25) is 4.99 Å². The van der Waals surface area contributed by atoms with Gasteiger partial charge in [-0.15, -0.1) is 0 Å². The third kappa shape index (κ3) is 6.58. The molecule has 0 aromatic rings. The zero-order chi connectivity index (χ0) is 17.7. The Morgan fingerprint density at radius 3 is 2.30 bits per heavy atom. The molecule has 1 heterocycles. The van der Waals surface area contributed by atoms with Gasteiger partial charge in [0.1, 0.15) is 0 Å². The van der Waals surface area contributed by atoms with Crippen molar-refractivity contribution in [3.8, 4) is 0 Å². The van der Waals surface area contributed by atoms with Gasteiger partial charge in [0.2, 0.25) is 0 Å². The summed E-state index contributed by atoms with van der Waals surface area (Å²) in [5.41, 5.74) is -0.115. The van der Waals surface area contributed by atoms with Gasteiger partial charge in [0.15, 0.2) is 5.96 Å². The molecule has 136 valence electrons. The summed E-state index contributed by atoms with van der Waals surface area (Å²) in [4.78, 5) is 4.52. The van der Waals surface area contributed by atoms with Gasteiger partial charge < -0.3 is 10.6 Å². The van der Waals surface area contributed by atoms with Crippen LogP contribution in [0.15, 0.2) is 4.99 Å². The molecule has 0 aliphatic carbocycles. The van der Waals surface area contributed by atoms with Crippen LogP contribution in [0.1, 0.15) is 40.5 Å². The number of alkyl halides is 2. The lowest BCUT2D eigenvalue weighted by atomic mass is 9.98. The van der Waals surface area contributed by atoms with Crippen molar-refractivity contribution >= 4 is 16.0 Å². The average Bonchev–Trinajstić information content (AvgIpc) is 2.44. The van der Waals surface area contributed by atoms with Crippen LogP contribution in [0.5, 0.6) is 0 Å². The van der Waals surface area contributed by atoms with Crippen LogP contribution in [0.4, 0.5) is 8.78 Å². The lowest BCUT2D eigenvalue weighted by molar-refractivity contribution is 0.205. The van der Waals surface area contributed by atoms with Crippen LogP contribution < -0.4 is 10.6 Å². The lowest BCUT2D eigenvalue weighted by Gasteiger charge is -2.30.